The predicted octanol–water partition coefficient (Wildman–Crippen LogP) is 2.85. The van der Waals surface area contributed by atoms with E-state index in [0.29, 0.717) is 25.9 Å². The van der Waals surface area contributed by atoms with E-state index in [1.54, 1.807) is 11.0 Å². The van der Waals surface area contributed by atoms with E-state index in [2.05, 4.69) is 5.32 Å². The fraction of sp³-hybridized carbons (Fsp3) is 0.300. The van der Waals surface area contributed by atoms with Crippen molar-refractivity contribution in [3.05, 3.63) is 64.7 Å². The van der Waals surface area contributed by atoms with Crippen LogP contribution in [0.3, 0.4) is 0 Å². The zero-order valence-corrected chi connectivity index (χ0v) is 15.2. The molecule has 1 atom stereocenters. The van der Waals surface area contributed by atoms with Gasteiger partial charge in [0.05, 0.1) is 10.8 Å². The Labute approximate surface area is 162 Å². The second-order valence-electron chi connectivity index (χ2n) is 6.55. The van der Waals surface area contributed by atoms with E-state index in [4.69, 9.17) is 4.74 Å². The summed E-state index contributed by atoms with van der Waals surface area (Å²) in [6.45, 7) is 0.532. The lowest BCUT2D eigenvalue weighted by atomic mass is 9.97. The van der Waals surface area contributed by atoms with Crippen LogP contribution in [0.5, 0.6) is 5.75 Å². The number of para-hydroxylation sites is 3. The standard InChI is InChI=1S/C20H21N3O5/c24-19(14-28-18-11-5-4-10-17(18)23(26)27)22-12-6-7-15(13-22)20(25)21-16-8-2-1-3-9-16/h1-5,8-11,15H,6-7,12-14H2,(H,21,25). The molecular weight excluding hydrogens is 362 g/mol. The summed E-state index contributed by atoms with van der Waals surface area (Å²) in [7, 11) is 0. The van der Waals surface area contributed by atoms with Gasteiger partial charge in [-0.05, 0) is 31.0 Å². The number of amides is 2. The van der Waals surface area contributed by atoms with Gasteiger partial charge < -0.3 is 15.0 Å². The number of rotatable bonds is 6. The van der Waals surface area contributed by atoms with Gasteiger partial charge in [-0.25, -0.2) is 0 Å². The van der Waals surface area contributed by atoms with Gasteiger partial charge in [0.25, 0.3) is 5.91 Å². The van der Waals surface area contributed by atoms with Crippen LogP contribution >= 0.6 is 0 Å². The summed E-state index contributed by atoms with van der Waals surface area (Å²) >= 11 is 0. The molecule has 1 saturated heterocycles. The predicted molar refractivity (Wildman–Crippen MR) is 103 cm³/mol. The molecule has 2 aromatic carbocycles. The maximum atomic E-state index is 12.5. The number of carbonyl (C=O) groups excluding carboxylic acids is 2. The Morgan fingerprint density at radius 1 is 1.14 bits per heavy atom. The number of nitro benzene ring substituents is 1. The number of likely N-dealkylation sites (tertiary alicyclic amines) is 1. The zero-order chi connectivity index (χ0) is 19.9. The SMILES string of the molecule is O=C(Nc1ccccc1)C1CCCN(C(=O)COc2ccccc2[N+](=O)[O-])C1. The summed E-state index contributed by atoms with van der Waals surface area (Å²) in [5, 5.41) is 13.9. The summed E-state index contributed by atoms with van der Waals surface area (Å²) in [6.07, 6.45) is 1.41. The fourth-order valence-electron chi connectivity index (χ4n) is 3.14. The molecule has 1 unspecified atom stereocenters. The molecule has 28 heavy (non-hydrogen) atoms. The van der Waals surface area contributed by atoms with Gasteiger partial charge in [-0.2, -0.15) is 0 Å². The van der Waals surface area contributed by atoms with Crippen LogP contribution in [0.1, 0.15) is 12.8 Å². The molecule has 0 aromatic heterocycles. The molecular formula is C20H21N3O5. The minimum Gasteiger partial charge on any atom is -0.477 e. The number of carbonyl (C=O) groups is 2. The van der Waals surface area contributed by atoms with Crippen LogP contribution in [0.2, 0.25) is 0 Å². The van der Waals surface area contributed by atoms with Gasteiger partial charge in [0, 0.05) is 24.8 Å². The lowest BCUT2D eigenvalue weighted by Gasteiger charge is -2.32. The van der Waals surface area contributed by atoms with E-state index in [9.17, 15) is 19.7 Å². The zero-order valence-electron chi connectivity index (χ0n) is 15.2. The van der Waals surface area contributed by atoms with Crippen LogP contribution < -0.4 is 10.1 Å². The van der Waals surface area contributed by atoms with Gasteiger partial charge in [0.15, 0.2) is 12.4 Å². The molecule has 2 amide bonds. The number of benzene rings is 2. The number of hydrogen-bond donors (Lipinski definition) is 1. The van der Waals surface area contributed by atoms with E-state index in [1.165, 1.54) is 18.2 Å². The van der Waals surface area contributed by atoms with Crippen molar-refractivity contribution >= 4 is 23.2 Å². The second kappa shape index (κ2) is 8.98. The van der Waals surface area contributed by atoms with Crippen molar-refractivity contribution < 1.29 is 19.2 Å². The van der Waals surface area contributed by atoms with Crippen molar-refractivity contribution in [3.8, 4) is 5.75 Å². The van der Waals surface area contributed by atoms with E-state index < -0.39 is 4.92 Å². The summed E-state index contributed by atoms with van der Waals surface area (Å²) in [6, 6.07) is 15.1. The summed E-state index contributed by atoms with van der Waals surface area (Å²) in [4.78, 5) is 37.0. The smallest absolute Gasteiger partial charge is 0.310 e. The summed E-state index contributed by atoms with van der Waals surface area (Å²) in [5.74, 6) is -0.668. The Kier molecular flexibility index (Phi) is 6.21. The molecule has 1 aliphatic heterocycles. The van der Waals surface area contributed by atoms with Gasteiger partial charge in [-0.15, -0.1) is 0 Å². The van der Waals surface area contributed by atoms with E-state index >= 15 is 0 Å². The molecule has 1 aliphatic rings. The molecule has 146 valence electrons. The summed E-state index contributed by atoms with van der Waals surface area (Å²) in [5.41, 5.74) is 0.532. The van der Waals surface area contributed by atoms with Gasteiger partial charge in [0.1, 0.15) is 0 Å². The second-order valence-corrected chi connectivity index (χ2v) is 6.55. The highest BCUT2D eigenvalue weighted by Gasteiger charge is 2.29. The highest BCUT2D eigenvalue weighted by atomic mass is 16.6. The van der Waals surface area contributed by atoms with E-state index in [-0.39, 0.29) is 35.8 Å². The van der Waals surface area contributed by atoms with Gasteiger partial charge in [-0.1, -0.05) is 30.3 Å². The molecule has 8 nitrogen and oxygen atoms in total. The third-order valence-electron chi connectivity index (χ3n) is 4.60. The molecule has 2 aromatic rings. The molecule has 8 heteroatoms. The number of hydrogen-bond acceptors (Lipinski definition) is 5. The van der Waals surface area contributed by atoms with Crippen molar-refractivity contribution in [1.29, 1.82) is 0 Å². The number of nitrogens with zero attached hydrogens (tertiary/aromatic N) is 2. The fourth-order valence-corrected chi connectivity index (χ4v) is 3.14. The van der Waals surface area contributed by atoms with Crippen LogP contribution in [0, 0.1) is 16.0 Å². The topological polar surface area (TPSA) is 102 Å². The lowest BCUT2D eigenvalue weighted by Crippen LogP contribution is -2.45. The van der Waals surface area contributed by atoms with Gasteiger partial charge >= 0.3 is 5.69 Å². The lowest BCUT2D eigenvalue weighted by molar-refractivity contribution is -0.385. The summed E-state index contributed by atoms with van der Waals surface area (Å²) < 4.78 is 5.37. The molecule has 0 saturated carbocycles. The molecule has 0 aliphatic carbocycles. The van der Waals surface area contributed by atoms with Crippen molar-refractivity contribution in [2.75, 3.05) is 25.0 Å². The quantitative estimate of drug-likeness (QED) is 0.610. The van der Waals surface area contributed by atoms with Crippen LogP contribution in [0.15, 0.2) is 54.6 Å². The molecule has 3 rings (SSSR count). The van der Waals surface area contributed by atoms with Gasteiger partial charge in [-0.3, -0.25) is 19.7 Å². The van der Waals surface area contributed by atoms with Crippen LogP contribution in [-0.4, -0.2) is 41.3 Å². The highest BCUT2D eigenvalue weighted by molar-refractivity contribution is 5.93. The molecule has 1 fully saturated rings. The number of piperidine rings is 1. The van der Waals surface area contributed by atoms with Gasteiger partial charge in [0.2, 0.25) is 5.91 Å². The van der Waals surface area contributed by atoms with Crippen LogP contribution in [0.25, 0.3) is 0 Å². The Bertz CT molecular complexity index is 856. The third-order valence-corrected chi connectivity index (χ3v) is 4.60. The first kappa shape index (κ1) is 19.3. The van der Waals surface area contributed by atoms with E-state index in [0.717, 1.165) is 5.69 Å². The van der Waals surface area contributed by atoms with Crippen molar-refractivity contribution in [2.45, 2.75) is 12.8 Å². The van der Waals surface area contributed by atoms with E-state index in [1.807, 2.05) is 30.3 Å². The number of nitro groups is 1. The number of nitrogens with one attached hydrogen (secondary N) is 1. The monoisotopic (exact) mass is 383 g/mol. The maximum Gasteiger partial charge on any atom is 0.310 e. The van der Waals surface area contributed by atoms with Crippen molar-refractivity contribution in [1.82, 2.24) is 4.90 Å². The normalized spacial score (nSPS) is 16.3. The molecule has 0 bridgehead atoms. The first-order valence-corrected chi connectivity index (χ1v) is 9.04. The average molecular weight is 383 g/mol. The molecule has 1 N–H and O–H groups in total. The highest BCUT2D eigenvalue weighted by Crippen LogP contribution is 2.26. The van der Waals surface area contributed by atoms with Crippen molar-refractivity contribution in [2.24, 2.45) is 5.92 Å². The Balaban J connectivity index is 1.56. The molecule has 0 spiro atoms. The molecule has 0 radical (unpaired) electrons. The largest absolute Gasteiger partial charge is 0.477 e. The minimum atomic E-state index is -0.551. The van der Waals surface area contributed by atoms with Crippen molar-refractivity contribution in [3.63, 3.8) is 0 Å². The first-order valence-electron chi connectivity index (χ1n) is 9.04. The van der Waals surface area contributed by atoms with Crippen LogP contribution in [-0.2, 0) is 9.59 Å². The average Bonchev–Trinajstić information content (AvgIpc) is 2.73. The third kappa shape index (κ3) is 4.85. The minimum absolute atomic E-state index is 0.0521. The first-order chi connectivity index (χ1) is 13.5. The Morgan fingerprint density at radius 3 is 2.61 bits per heavy atom. The maximum absolute atomic E-state index is 12.5. The Hall–Kier alpha value is -3.42. The van der Waals surface area contributed by atoms with Crippen LogP contribution in [0.4, 0.5) is 11.4 Å². The number of anilines is 1. The number of ether oxygens (including phenoxy) is 1. The molecule has 1 heterocycles. The Morgan fingerprint density at radius 2 is 1.86 bits per heavy atom.